The molecule has 2 aromatic heterocycles. The number of fused-ring (bicyclic) bond motifs is 3. The Morgan fingerprint density at radius 1 is 1.00 bits per heavy atom. The smallest absolute Gasteiger partial charge is 0.249 e. The quantitative estimate of drug-likeness (QED) is 0.487. The van der Waals surface area contributed by atoms with E-state index < -0.39 is 5.91 Å². The summed E-state index contributed by atoms with van der Waals surface area (Å²) in [7, 11) is 0. The minimum absolute atomic E-state index is 0.437. The van der Waals surface area contributed by atoms with Crippen molar-refractivity contribution < 1.29 is 9.21 Å². The molecule has 0 unspecified atom stereocenters. The second-order valence-electron chi connectivity index (χ2n) is 6.80. The first kappa shape index (κ1) is 16.4. The van der Waals surface area contributed by atoms with E-state index in [0.29, 0.717) is 12.1 Å². The zero-order valence-corrected chi connectivity index (χ0v) is 15.1. The molecule has 0 saturated heterocycles. The molecule has 4 nitrogen and oxygen atoms in total. The van der Waals surface area contributed by atoms with Gasteiger partial charge in [-0.05, 0) is 47.5 Å². The number of primary amides is 1. The van der Waals surface area contributed by atoms with E-state index in [-0.39, 0.29) is 0 Å². The van der Waals surface area contributed by atoms with E-state index >= 15 is 0 Å². The van der Waals surface area contributed by atoms with E-state index in [9.17, 15) is 4.79 Å². The van der Waals surface area contributed by atoms with Crippen LogP contribution >= 0.6 is 0 Å². The van der Waals surface area contributed by atoms with Crippen molar-refractivity contribution in [2.24, 2.45) is 5.73 Å². The Morgan fingerprint density at radius 2 is 1.86 bits per heavy atom. The first-order valence-corrected chi connectivity index (χ1v) is 9.05. The van der Waals surface area contributed by atoms with Crippen LogP contribution < -0.4 is 5.73 Å². The molecule has 5 rings (SSSR count). The van der Waals surface area contributed by atoms with E-state index in [1.54, 1.807) is 18.6 Å². The van der Waals surface area contributed by atoms with E-state index in [1.165, 1.54) is 0 Å². The van der Waals surface area contributed by atoms with Crippen molar-refractivity contribution in [1.29, 1.82) is 0 Å². The minimum atomic E-state index is -0.437. The fourth-order valence-electron chi connectivity index (χ4n) is 3.79. The molecule has 2 heterocycles. The lowest BCUT2D eigenvalue weighted by atomic mass is 10.0. The van der Waals surface area contributed by atoms with Crippen molar-refractivity contribution in [3.63, 3.8) is 0 Å². The number of nitrogens with zero attached hydrogens (tertiary/aromatic N) is 1. The molecule has 0 spiro atoms. The molecular weight excluding hydrogens is 348 g/mol. The molecule has 0 fully saturated rings. The standard InChI is InChI=1S/C24H17N2O2/c25-24(27)20-7-4-8-21-23(20)19-10-9-18(17-5-2-1-3-6-17)13-22(19)26(21)14-16-11-12-28-15-16/h1-9,11-13,15H,14H2,(H2,25,27). The second-order valence-corrected chi connectivity index (χ2v) is 6.80. The maximum absolute atomic E-state index is 12.1. The van der Waals surface area contributed by atoms with Gasteiger partial charge in [0, 0.05) is 21.9 Å². The highest BCUT2D eigenvalue weighted by molar-refractivity contribution is 6.18. The van der Waals surface area contributed by atoms with Crippen LogP contribution in [0.1, 0.15) is 15.9 Å². The normalized spacial score (nSPS) is 11.3. The third kappa shape index (κ3) is 2.58. The highest BCUT2D eigenvalue weighted by atomic mass is 16.3. The molecule has 4 heteroatoms. The van der Waals surface area contributed by atoms with Gasteiger partial charge in [-0.15, -0.1) is 0 Å². The van der Waals surface area contributed by atoms with Gasteiger partial charge in [0.05, 0.1) is 30.1 Å². The lowest BCUT2D eigenvalue weighted by molar-refractivity contribution is 0.100. The van der Waals surface area contributed by atoms with Crippen molar-refractivity contribution in [1.82, 2.24) is 4.57 Å². The highest BCUT2D eigenvalue weighted by Crippen LogP contribution is 2.34. The fraction of sp³-hybridized carbons (Fsp3) is 0.0417. The van der Waals surface area contributed by atoms with Crippen LogP contribution in [0, 0.1) is 6.07 Å². The molecule has 0 atom stereocenters. The summed E-state index contributed by atoms with van der Waals surface area (Å²) in [6.45, 7) is 0.630. The van der Waals surface area contributed by atoms with Crippen LogP contribution in [0.2, 0.25) is 0 Å². The van der Waals surface area contributed by atoms with Gasteiger partial charge in [0.2, 0.25) is 5.91 Å². The third-order valence-corrected chi connectivity index (χ3v) is 5.09. The molecule has 5 aromatic rings. The maximum Gasteiger partial charge on any atom is 0.249 e. The molecule has 2 N–H and O–H groups in total. The van der Waals surface area contributed by atoms with E-state index in [0.717, 1.165) is 38.5 Å². The number of furan rings is 1. The van der Waals surface area contributed by atoms with Gasteiger partial charge in [-0.25, -0.2) is 0 Å². The lowest BCUT2D eigenvalue weighted by Gasteiger charge is -2.07. The van der Waals surface area contributed by atoms with Gasteiger partial charge in [-0.2, -0.15) is 0 Å². The number of hydrogen-bond acceptors (Lipinski definition) is 2. The van der Waals surface area contributed by atoms with Crippen molar-refractivity contribution in [2.45, 2.75) is 6.54 Å². The number of carbonyl (C=O) groups excluding carboxylic acids is 1. The summed E-state index contributed by atoms with van der Waals surface area (Å²) < 4.78 is 7.43. The molecular formula is C24H17N2O2. The Morgan fingerprint density at radius 3 is 2.61 bits per heavy atom. The summed E-state index contributed by atoms with van der Waals surface area (Å²) >= 11 is 0. The Hall–Kier alpha value is -3.79. The number of rotatable bonds is 4. The zero-order valence-electron chi connectivity index (χ0n) is 15.1. The third-order valence-electron chi connectivity index (χ3n) is 5.09. The summed E-state index contributed by atoms with van der Waals surface area (Å²) in [5.74, 6) is -0.437. The molecule has 1 radical (unpaired) electrons. The summed E-state index contributed by atoms with van der Waals surface area (Å²) in [6, 6.07) is 25.3. The summed E-state index contributed by atoms with van der Waals surface area (Å²) in [5, 5.41) is 1.74. The average molecular weight is 365 g/mol. The van der Waals surface area contributed by atoms with Crippen LogP contribution in [0.4, 0.5) is 0 Å². The zero-order chi connectivity index (χ0) is 19.1. The minimum Gasteiger partial charge on any atom is -0.472 e. The van der Waals surface area contributed by atoms with Crippen LogP contribution in [0.5, 0.6) is 0 Å². The van der Waals surface area contributed by atoms with Crippen LogP contribution in [0.3, 0.4) is 0 Å². The Bertz CT molecular complexity index is 1300. The van der Waals surface area contributed by atoms with Crippen LogP contribution in [0.25, 0.3) is 32.9 Å². The van der Waals surface area contributed by atoms with E-state index in [2.05, 4.69) is 28.8 Å². The molecule has 1 amide bonds. The average Bonchev–Trinajstić information content (AvgIpc) is 3.35. The predicted octanol–water partition coefficient (Wildman–Crippen LogP) is 5.00. The number of carbonyl (C=O) groups is 1. The first-order valence-electron chi connectivity index (χ1n) is 9.05. The Kier molecular flexibility index (Phi) is 3.76. The lowest BCUT2D eigenvalue weighted by Crippen LogP contribution is -2.11. The molecule has 0 aliphatic carbocycles. The molecule has 135 valence electrons. The second kappa shape index (κ2) is 6.43. The fourth-order valence-corrected chi connectivity index (χ4v) is 3.79. The van der Waals surface area contributed by atoms with Gasteiger partial charge in [-0.1, -0.05) is 36.4 Å². The largest absolute Gasteiger partial charge is 0.472 e. The highest BCUT2D eigenvalue weighted by Gasteiger charge is 2.17. The number of hydrogen-bond donors (Lipinski definition) is 1. The van der Waals surface area contributed by atoms with Crippen LogP contribution in [-0.4, -0.2) is 10.5 Å². The van der Waals surface area contributed by atoms with Crippen molar-refractivity contribution in [3.05, 3.63) is 96.4 Å². The van der Waals surface area contributed by atoms with E-state index in [4.69, 9.17) is 10.2 Å². The van der Waals surface area contributed by atoms with E-state index in [1.807, 2.05) is 42.5 Å². The molecule has 0 aliphatic rings. The van der Waals surface area contributed by atoms with Crippen LogP contribution in [0.15, 0.2) is 83.7 Å². The Balaban J connectivity index is 1.84. The Labute approximate surface area is 161 Å². The van der Waals surface area contributed by atoms with Gasteiger partial charge in [-0.3, -0.25) is 4.79 Å². The summed E-state index contributed by atoms with van der Waals surface area (Å²) in [6.07, 6.45) is 3.40. The summed E-state index contributed by atoms with van der Waals surface area (Å²) in [5.41, 5.74) is 11.4. The number of nitrogens with two attached hydrogens (primary N) is 1. The predicted molar refractivity (Wildman–Crippen MR) is 110 cm³/mol. The number of aromatic nitrogens is 1. The van der Waals surface area contributed by atoms with Crippen molar-refractivity contribution in [3.8, 4) is 11.1 Å². The molecule has 3 aromatic carbocycles. The van der Waals surface area contributed by atoms with Crippen molar-refractivity contribution >= 4 is 27.7 Å². The van der Waals surface area contributed by atoms with Gasteiger partial charge in [0.15, 0.2) is 0 Å². The number of amides is 1. The topological polar surface area (TPSA) is 61.2 Å². The SMILES string of the molecule is NC(=O)c1cccc2c1c1[c]cc(-c3ccccc3)cc1n2Cc1ccoc1. The van der Waals surface area contributed by atoms with Gasteiger partial charge in [0.25, 0.3) is 0 Å². The number of benzene rings is 3. The molecule has 28 heavy (non-hydrogen) atoms. The van der Waals surface area contributed by atoms with Gasteiger partial charge < -0.3 is 14.7 Å². The molecule has 0 bridgehead atoms. The van der Waals surface area contributed by atoms with Gasteiger partial charge in [0.1, 0.15) is 0 Å². The summed E-state index contributed by atoms with van der Waals surface area (Å²) in [4.78, 5) is 12.1. The first-order chi connectivity index (χ1) is 13.7. The van der Waals surface area contributed by atoms with Crippen LogP contribution in [-0.2, 0) is 6.54 Å². The van der Waals surface area contributed by atoms with Gasteiger partial charge >= 0.3 is 0 Å². The monoisotopic (exact) mass is 365 g/mol. The molecule has 0 aliphatic heterocycles. The van der Waals surface area contributed by atoms with Crippen molar-refractivity contribution in [2.75, 3.05) is 0 Å². The maximum atomic E-state index is 12.1. The molecule has 0 saturated carbocycles.